The zero-order chi connectivity index (χ0) is 18.1. The molecule has 1 aromatic rings. The van der Waals surface area contributed by atoms with Gasteiger partial charge < -0.3 is 15.1 Å². The molecule has 0 bridgehead atoms. The van der Waals surface area contributed by atoms with Crippen molar-refractivity contribution in [1.29, 1.82) is 0 Å². The highest BCUT2D eigenvalue weighted by molar-refractivity contribution is 9.10. The second-order valence-electron chi connectivity index (χ2n) is 7.71. The first-order chi connectivity index (χ1) is 12.6. The number of benzene rings is 1. The Morgan fingerprint density at radius 3 is 2.31 bits per heavy atom. The van der Waals surface area contributed by atoms with E-state index in [1.54, 1.807) is 4.90 Å². The molecule has 0 aromatic heterocycles. The minimum Gasteiger partial charge on any atom is -0.351 e. The Kier molecular flexibility index (Phi) is 5.32. The Labute approximate surface area is 163 Å². The van der Waals surface area contributed by atoms with Gasteiger partial charge in [-0.25, -0.2) is 0 Å². The van der Waals surface area contributed by atoms with E-state index in [0.717, 1.165) is 49.3 Å². The van der Waals surface area contributed by atoms with Crippen LogP contribution < -0.4 is 5.32 Å². The summed E-state index contributed by atoms with van der Waals surface area (Å²) < 4.78 is 0.947. The van der Waals surface area contributed by atoms with Gasteiger partial charge in [-0.1, -0.05) is 15.9 Å². The molecular formula is C20H26BrN3O2. The lowest BCUT2D eigenvalue weighted by molar-refractivity contribution is -0.125. The van der Waals surface area contributed by atoms with Gasteiger partial charge in [0.1, 0.15) is 6.04 Å². The summed E-state index contributed by atoms with van der Waals surface area (Å²) in [6.45, 7) is 2.83. The van der Waals surface area contributed by atoms with Crippen LogP contribution in [0.1, 0.15) is 48.9 Å². The maximum atomic E-state index is 12.8. The molecule has 2 aliphatic heterocycles. The highest BCUT2D eigenvalue weighted by Crippen LogP contribution is 2.29. The van der Waals surface area contributed by atoms with Gasteiger partial charge in [0, 0.05) is 41.8 Å². The van der Waals surface area contributed by atoms with Crippen molar-refractivity contribution in [2.45, 2.75) is 56.7 Å². The highest BCUT2D eigenvalue weighted by Gasteiger charge is 2.37. The Balaban J connectivity index is 1.34. The molecule has 1 aromatic carbocycles. The van der Waals surface area contributed by atoms with Gasteiger partial charge in [-0.3, -0.25) is 9.59 Å². The topological polar surface area (TPSA) is 52.7 Å². The number of nitrogens with zero attached hydrogens (tertiary/aromatic N) is 2. The summed E-state index contributed by atoms with van der Waals surface area (Å²) >= 11 is 3.39. The SMILES string of the molecule is O=C(NC1CCN(C2CC2)CC1)C1CCCN1C(=O)c1ccc(Br)cc1. The van der Waals surface area contributed by atoms with Gasteiger partial charge in [0.2, 0.25) is 5.91 Å². The number of likely N-dealkylation sites (tertiary alicyclic amines) is 2. The van der Waals surface area contributed by atoms with Crippen molar-refractivity contribution in [1.82, 2.24) is 15.1 Å². The summed E-state index contributed by atoms with van der Waals surface area (Å²) in [7, 11) is 0. The minimum absolute atomic E-state index is 0.0258. The fourth-order valence-corrected chi connectivity index (χ4v) is 4.45. The van der Waals surface area contributed by atoms with Crippen LogP contribution in [0.5, 0.6) is 0 Å². The number of amides is 2. The van der Waals surface area contributed by atoms with Crippen LogP contribution >= 0.6 is 15.9 Å². The van der Waals surface area contributed by atoms with E-state index >= 15 is 0 Å². The summed E-state index contributed by atoms with van der Waals surface area (Å²) in [5, 5.41) is 3.22. The molecule has 26 heavy (non-hydrogen) atoms. The van der Waals surface area contributed by atoms with Crippen molar-refractivity contribution in [2.24, 2.45) is 0 Å². The van der Waals surface area contributed by atoms with Crippen LogP contribution in [0, 0.1) is 0 Å². The van der Waals surface area contributed by atoms with E-state index in [0.29, 0.717) is 12.1 Å². The lowest BCUT2D eigenvalue weighted by atomic mass is 10.0. The Morgan fingerprint density at radius 1 is 0.962 bits per heavy atom. The van der Waals surface area contributed by atoms with Crippen molar-refractivity contribution in [3.8, 4) is 0 Å². The second kappa shape index (κ2) is 7.69. The first-order valence-electron chi connectivity index (χ1n) is 9.73. The molecule has 3 aliphatic rings. The average molecular weight is 420 g/mol. The zero-order valence-corrected chi connectivity index (χ0v) is 16.6. The van der Waals surface area contributed by atoms with E-state index in [-0.39, 0.29) is 23.9 Å². The number of nitrogens with one attached hydrogen (secondary N) is 1. The third kappa shape index (κ3) is 3.96. The lowest BCUT2D eigenvalue weighted by Gasteiger charge is -2.33. The minimum atomic E-state index is -0.326. The van der Waals surface area contributed by atoms with Gasteiger partial charge in [0.25, 0.3) is 5.91 Å². The van der Waals surface area contributed by atoms with Gasteiger partial charge in [0.05, 0.1) is 0 Å². The smallest absolute Gasteiger partial charge is 0.254 e. The van der Waals surface area contributed by atoms with Crippen molar-refractivity contribution < 1.29 is 9.59 Å². The van der Waals surface area contributed by atoms with E-state index in [9.17, 15) is 9.59 Å². The molecule has 1 atom stereocenters. The molecule has 2 saturated heterocycles. The van der Waals surface area contributed by atoms with Crippen molar-refractivity contribution >= 4 is 27.7 Å². The number of halogens is 1. The first kappa shape index (κ1) is 18.0. The third-order valence-electron chi connectivity index (χ3n) is 5.85. The molecule has 5 nitrogen and oxygen atoms in total. The number of hydrogen-bond acceptors (Lipinski definition) is 3. The standard InChI is InChI=1S/C20H26BrN3O2/c21-15-5-3-14(4-6-15)20(26)24-11-1-2-18(24)19(25)22-16-9-12-23(13-10-16)17-7-8-17/h3-6,16-18H,1-2,7-13H2,(H,22,25). The van der Waals surface area contributed by atoms with Crippen LogP contribution in [0.15, 0.2) is 28.7 Å². The highest BCUT2D eigenvalue weighted by atomic mass is 79.9. The van der Waals surface area contributed by atoms with Crippen LogP contribution in [0.3, 0.4) is 0 Å². The van der Waals surface area contributed by atoms with Crippen LogP contribution in [-0.4, -0.2) is 59.4 Å². The quantitative estimate of drug-likeness (QED) is 0.815. The van der Waals surface area contributed by atoms with E-state index < -0.39 is 0 Å². The molecule has 2 amide bonds. The van der Waals surface area contributed by atoms with Crippen LogP contribution in [0.4, 0.5) is 0 Å². The molecule has 1 unspecified atom stereocenters. The average Bonchev–Trinajstić information content (AvgIpc) is 3.38. The number of carbonyl (C=O) groups excluding carboxylic acids is 2. The summed E-state index contributed by atoms with van der Waals surface area (Å²) in [4.78, 5) is 29.9. The van der Waals surface area contributed by atoms with E-state index in [4.69, 9.17) is 0 Å². The lowest BCUT2D eigenvalue weighted by Crippen LogP contribution is -2.51. The van der Waals surface area contributed by atoms with Gasteiger partial charge in [0.15, 0.2) is 0 Å². The number of carbonyl (C=O) groups is 2. The van der Waals surface area contributed by atoms with E-state index in [1.807, 2.05) is 24.3 Å². The monoisotopic (exact) mass is 419 g/mol. The molecule has 1 aliphatic carbocycles. The normalized spacial score (nSPS) is 24.7. The maximum absolute atomic E-state index is 12.8. The predicted octanol–water partition coefficient (Wildman–Crippen LogP) is 2.80. The predicted molar refractivity (Wildman–Crippen MR) is 104 cm³/mol. The Bertz CT molecular complexity index is 666. The fraction of sp³-hybridized carbons (Fsp3) is 0.600. The summed E-state index contributed by atoms with van der Waals surface area (Å²) in [5.74, 6) is -0.0171. The molecule has 6 heteroatoms. The van der Waals surface area contributed by atoms with E-state index in [2.05, 4.69) is 26.1 Å². The molecule has 2 heterocycles. The van der Waals surface area contributed by atoms with Crippen LogP contribution in [0.25, 0.3) is 0 Å². The van der Waals surface area contributed by atoms with Gasteiger partial charge in [-0.2, -0.15) is 0 Å². The molecule has 1 saturated carbocycles. The molecule has 0 spiro atoms. The summed E-state index contributed by atoms with van der Waals surface area (Å²) in [6.07, 6.45) is 6.37. The van der Waals surface area contributed by atoms with Gasteiger partial charge in [-0.15, -0.1) is 0 Å². The Morgan fingerprint density at radius 2 is 1.65 bits per heavy atom. The van der Waals surface area contributed by atoms with E-state index in [1.165, 1.54) is 12.8 Å². The van der Waals surface area contributed by atoms with Crippen molar-refractivity contribution in [3.63, 3.8) is 0 Å². The van der Waals surface area contributed by atoms with Crippen molar-refractivity contribution in [2.75, 3.05) is 19.6 Å². The second-order valence-corrected chi connectivity index (χ2v) is 8.63. The van der Waals surface area contributed by atoms with Crippen LogP contribution in [0.2, 0.25) is 0 Å². The van der Waals surface area contributed by atoms with Gasteiger partial charge in [-0.05, 0) is 62.8 Å². The summed E-state index contributed by atoms with van der Waals surface area (Å²) in [5.41, 5.74) is 0.644. The molecule has 3 fully saturated rings. The Hall–Kier alpha value is -1.40. The van der Waals surface area contributed by atoms with Crippen molar-refractivity contribution in [3.05, 3.63) is 34.3 Å². The molecular weight excluding hydrogens is 394 g/mol. The summed E-state index contributed by atoms with van der Waals surface area (Å²) in [6, 6.07) is 8.09. The molecule has 140 valence electrons. The van der Waals surface area contributed by atoms with Crippen LogP contribution in [-0.2, 0) is 4.79 Å². The maximum Gasteiger partial charge on any atom is 0.254 e. The molecule has 4 rings (SSSR count). The third-order valence-corrected chi connectivity index (χ3v) is 6.38. The first-order valence-corrected chi connectivity index (χ1v) is 10.5. The van der Waals surface area contributed by atoms with Gasteiger partial charge >= 0.3 is 0 Å². The number of hydrogen-bond donors (Lipinski definition) is 1. The molecule has 1 N–H and O–H groups in total. The largest absolute Gasteiger partial charge is 0.351 e. The molecule has 0 radical (unpaired) electrons. The fourth-order valence-electron chi connectivity index (χ4n) is 4.19. The zero-order valence-electron chi connectivity index (χ0n) is 15.0. The number of rotatable bonds is 4. The number of piperidine rings is 1.